The van der Waals surface area contributed by atoms with Crippen LogP contribution in [0.15, 0.2) is 36.4 Å². The summed E-state index contributed by atoms with van der Waals surface area (Å²) in [6, 6.07) is 13.5. The lowest BCUT2D eigenvalue weighted by atomic mass is 9.85. The van der Waals surface area contributed by atoms with Crippen LogP contribution in [-0.4, -0.2) is 7.05 Å². The zero-order valence-electron chi connectivity index (χ0n) is 11.5. The van der Waals surface area contributed by atoms with Gasteiger partial charge in [0.2, 0.25) is 0 Å². The van der Waals surface area contributed by atoms with Gasteiger partial charge in [-0.3, -0.25) is 0 Å². The molecule has 0 bridgehead atoms. The topological polar surface area (TPSA) is 3.24 Å². The first-order valence-electron chi connectivity index (χ1n) is 6.53. The first-order chi connectivity index (χ1) is 8.58. The summed E-state index contributed by atoms with van der Waals surface area (Å²) in [5.74, 6) is 0.479. The van der Waals surface area contributed by atoms with Crippen LogP contribution in [0.1, 0.15) is 35.1 Å². The van der Waals surface area contributed by atoms with E-state index in [-0.39, 0.29) is 0 Å². The fraction of sp³-hybridized carbons (Fsp3) is 0.294. The molecule has 3 rings (SSSR count). The van der Waals surface area contributed by atoms with E-state index in [0.29, 0.717) is 5.92 Å². The van der Waals surface area contributed by atoms with Gasteiger partial charge in [0.25, 0.3) is 0 Å². The third-order valence-electron chi connectivity index (χ3n) is 4.03. The van der Waals surface area contributed by atoms with E-state index in [2.05, 4.69) is 69.1 Å². The van der Waals surface area contributed by atoms with Gasteiger partial charge >= 0.3 is 0 Å². The van der Waals surface area contributed by atoms with E-state index in [1.54, 1.807) is 0 Å². The Bertz CT molecular complexity index is 560. The van der Waals surface area contributed by atoms with Crippen molar-refractivity contribution in [2.24, 2.45) is 0 Å². The van der Waals surface area contributed by atoms with Gasteiger partial charge in [-0.05, 0) is 48.2 Å². The Hall–Kier alpha value is -1.76. The van der Waals surface area contributed by atoms with Gasteiger partial charge in [-0.15, -0.1) is 0 Å². The predicted molar refractivity (Wildman–Crippen MR) is 77.9 cm³/mol. The van der Waals surface area contributed by atoms with Crippen LogP contribution >= 0.6 is 0 Å². The van der Waals surface area contributed by atoms with Crippen molar-refractivity contribution in [1.29, 1.82) is 0 Å². The lowest BCUT2D eigenvalue weighted by Crippen LogP contribution is -2.20. The summed E-state index contributed by atoms with van der Waals surface area (Å²) < 4.78 is 0. The van der Waals surface area contributed by atoms with Crippen LogP contribution in [0.5, 0.6) is 0 Å². The van der Waals surface area contributed by atoms with Crippen molar-refractivity contribution in [3.05, 3.63) is 58.7 Å². The molecule has 0 spiro atoms. The molecule has 0 amide bonds. The molecule has 0 fully saturated rings. The monoisotopic (exact) mass is 237 g/mol. The molecule has 1 nitrogen and oxygen atoms in total. The highest BCUT2D eigenvalue weighted by Gasteiger charge is 2.25. The standard InChI is InChI=1S/C17H19N/c1-11-5-7-14-13(3)15-8-6-12(2)10-17(15)18(4)16(14)9-11/h5-10,13H,1-4H3. The highest BCUT2D eigenvalue weighted by atomic mass is 15.1. The van der Waals surface area contributed by atoms with Crippen LogP contribution in [0, 0.1) is 13.8 Å². The number of fused-ring (bicyclic) bond motifs is 2. The van der Waals surface area contributed by atoms with Gasteiger partial charge in [-0.1, -0.05) is 31.2 Å². The second kappa shape index (κ2) is 3.88. The molecule has 1 aliphatic rings. The van der Waals surface area contributed by atoms with Crippen LogP contribution in [0.2, 0.25) is 0 Å². The van der Waals surface area contributed by atoms with E-state index in [1.165, 1.54) is 33.6 Å². The molecule has 0 unspecified atom stereocenters. The van der Waals surface area contributed by atoms with E-state index < -0.39 is 0 Å². The third kappa shape index (κ3) is 1.54. The van der Waals surface area contributed by atoms with Gasteiger partial charge in [-0.25, -0.2) is 0 Å². The quantitative estimate of drug-likeness (QED) is 0.650. The minimum atomic E-state index is 0.479. The molecule has 0 radical (unpaired) electrons. The first-order valence-corrected chi connectivity index (χ1v) is 6.53. The molecule has 1 heterocycles. The van der Waals surface area contributed by atoms with Crippen molar-refractivity contribution in [3.63, 3.8) is 0 Å². The van der Waals surface area contributed by atoms with Crippen molar-refractivity contribution in [1.82, 2.24) is 0 Å². The summed E-state index contributed by atoms with van der Waals surface area (Å²) in [4.78, 5) is 2.32. The van der Waals surface area contributed by atoms with E-state index in [0.717, 1.165) is 0 Å². The van der Waals surface area contributed by atoms with E-state index in [1.807, 2.05) is 0 Å². The van der Waals surface area contributed by atoms with Crippen molar-refractivity contribution in [3.8, 4) is 0 Å². The maximum atomic E-state index is 2.32. The maximum absolute atomic E-state index is 2.32. The average molecular weight is 237 g/mol. The molecule has 0 aliphatic carbocycles. The van der Waals surface area contributed by atoms with Gasteiger partial charge in [-0.2, -0.15) is 0 Å². The molecule has 1 heteroatoms. The average Bonchev–Trinajstić information content (AvgIpc) is 2.35. The molecule has 2 aromatic carbocycles. The van der Waals surface area contributed by atoms with Gasteiger partial charge < -0.3 is 4.90 Å². The largest absolute Gasteiger partial charge is 0.344 e. The van der Waals surface area contributed by atoms with Crippen LogP contribution < -0.4 is 4.90 Å². The zero-order chi connectivity index (χ0) is 12.9. The number of anilines is 2. The van der Waals surface area contributed by atoms with Crippen molar-refractivity contribution in [2.75, 3.05) is 11.9 Å². The molecular weight excluding hydrogens is 218 g/mol. The lowest BCUT2D eigenvalue weighted by molar-refractivity contribution is 0.880. The van der Waals surface area contributed by atoms with E-state index in [4.69, 9.17) is 0 Å². The zero-order valence-corrected chi connectivity index (χ0v) is 11.5. The fourth-order valence-electron chi connectivity index (χ4n) is 2.92. The van der Waals surface area contributed by atoms with Crippen LogP contribution in [-0.2, 0) is 0 Å². The molecule has 92 valence electrons. The van der Waals surface area contributed by atoms with Crippen molar-refractivity contribution >= 4 is 11.4 Å². The first kappa shape index (κ1) is 11.3. The molecule has 0 atom stereocenters. The Morgan fingerprint density at radius 1 is 0.833 bits per heavy atom. The highest BCUT2D eigenvalue weighted by Crippen LogP contribution is 2.44. The van der Waals surface area contributed by atoms with Gasteiger partial charge in [0.15, 0.2) is 0 Å². The van der Waals surface area contributed by atoms with Gasteiger partial charge in [0.05, 0.1) is 0 Å². The maximum Gasteiger partial charge on any atom is 0.0449 e. The summed E-state index contributed by atoms with van der Waals surface area (Å²) in [6.07, 6.45) is 0. The number of benzene rings is 2. The van der Waals surface area contributed by atoms with E-state index in [9.17, 15) is 0 Å². The van der Waals surface area contributed by atoms with Crippen molar-refractivity contribution in [2.45, 2.75) is 26.7 Å². The smallest absolute Gasteiger partial charge is 0.0449 e. The minimum Gasteiger partial charge on any atom is -0.344 e. The summed E-state index contributed by atoms with van der Waals surface area (Å²) in [5.41, 5.74) is 8.20. The number of nitrogens with zero attached hydrogens (tertiary/aromatic N) is 1. The molecular formula is C17H19N. The SMILES string of the molecule is Cc1ccc2c(c1)N(C)c1cc(C)ccc1C2C. The normalized spacial score (nSPS) is 14.3. The Kier molecular flexibility index (Phi) is 2.44. The van der Waals surface area contributed by atoms with Crippen LogP contribution in [0.25, 0.3) is 0 Å². The van der Waals surface area contributed by atoms with Gasteiger partial charge in [0.1, 0.15) is 0 Å². The number of hydrogen-bond acceptors (Lipinski definition) is 1. The summed E-state index contributed by atoms with van der Waals surface area (Å²) in [5, 5.41) is 0. The van der Waals surface area contributed by atoms with E-state index >= 15 is 0 Å². The third-order valence-corrected chi connectivity index (χ3v) is 4.03. The van der Waals surface area contributed by atoms with Crippen molar-refractivity contribution < 1.29 is 0 Å². The molecule has 0 saturated heterocycles. The highest BCUT2D eigenvalue weighted by molar-refractivity contribution is 5.76. The van der Waals surface area contributed by atoms with Gasteiger partial charge in [0, 0.05) is 24.3 Å². The minimum absolute atomic E-state index is 0.479. The fourth-order valence-corrected chi connectivity index (χ4v) is 2.92. The predicted octanol–water partition coefficient (Wildman–Crippen LogP) is 4.54. The summed E-state index contributed by atoms with van der Waals surface area (Å²) in [6.45, 7) is 6.62. The van der Waals surface area contributed by atoms with Crippen LogP contribution in [0.3, 0.4) is 0 Å². The molecule has 0 aromatic heterocycles. The Balaban J connectivity index is 2.25. The number of aryl methyl sites for hydroxylation is 2. The molecule has 2 aromatic rings. The van der Waals surface area contributed by atoms with Crippen LogP contribution in [0.4, 0.5) is 11.4 Å². The molecule has 18 heavy (non-hydrogen) atoms. The molecule has 0 N–H and O–H groups in total. The summed E-state index contributed by atoms with van der Waals surface area (Å²) in [7, 11) is 2.17. The Labute approximate surface area is 109 Å². The number of rotatable bonds is 0. The summed E-state index contributed by atoms with van der Waals surface area (Å²) >= 11 is 0. The molecule has 0 saturated carbocycles. The molecule has 1 aliphatic heterocycles. The number of hydrogen-bond donors (Lipinski definition) is 0. The second-order valence-electron chi connectivity index (χ2n) is 5.41. The lowest BCUT2D eigenvalue weighted by Gasteiger charge is -2.34. The second-order valence-corrected chi connectivity index (χ2v) is 5.41. The Morgan fingerprint density at radius 2 is 1.28 bits per heavy atom. The Morgan fingerprint density at radius 3 is 1.72 bits per heavy atom.